The number of benzene rings is 2. The zero-order valence-corrected chi connectivity index (χ0v) is 15.4. The van der Waals surface area contributed by atoms with Gasteiger partial charge in [0.1, 0.15) is 19.8 Å². The Kier molecular flexibility index (Phi) is 5.03. The van der Waals surface area contributed by atoms with E-state index in [0.29, 0.717) is 36.1 Å². The SMILES string of the molecule is CN(C(=O)CN(c1ccc2c(c1)OCCO2)S(C)(=O)=O)c1ccccc1. The number of anilines is 2. The summed E-state index contributed by atoms with van der Waals surface area (Å²) in [4.78, 5) is 14.1. The van der Waals surface area contributed by atoms with Gasteiger partial charge < -0.3 is 14.4 Å². The summed E-state index contributed by atoms with van der Waals surface area (Å²) in [6.07, 6.45) is 1.07. The van der Waals surface area contributed by atoms with Crippen molar-refractivity contribution in [1.29, 1.82) is 0 Å². The largest absolute Gasteiger partial charge is 0.486 e. The third kappa shape index (κ3) is 3.91. The molecular formula is C18H20N2O5S. The van der Waals surface area contributed by atoms with Crippen LogP contribution in [-0.2, 0) is 14.8 Å². The molecule has 0 N–H and O–H groups in total. The van der Waals surface area contributed by atoms with Gasteiger partial charge in [-0.2, -0.15) is 0 Å². The second-order valence-electron chi connectivity index (χ2n) is 5.89. The van der Waals surface area contributed by atoms with E-state index in [1.807, 2.05) is 18.2 Å². The van der Waals surface area contributed by atoms with Crippen molar-refractivity contribution in [3.63, 3.8) is 0 Å². The fraction of sp³-hybridized carbons (Fsp3) is 0.278. The average molecular weight is 376 g/mol. The van der Waals surface area contributed by atoms with Gasteiger partial charge in [0.2, 0.25) is 15.9 Å². The van der Waals surface area contributed by atoms with Crippen LogP contribution in [0, 0.1) is 0 Å². The van der Waals surface area contributed by atoms with Crippen LogP contribution in [-0.4, -0.2) is 47.4 Å². The van der Waals surface area contributed by atoms with Crippen molar-refractivity contribution >= 4 is 27.3 Å². The van der Waals surface area contributed by atoms with E-state index in [1.165, 1.54) is 4.90 Å². The normalized spacial score (nSPS) is 13.2. The number of sulfonamides is 1. The molecule has 0 saturated heterocycles. The Labute approximate surface area is 152 Å². The number of ether oxygens (including phenoxy) is 2. The molecule has 1 aliphatic rings. The quantitative estimate of drug-likeness (QED) is 0.796. The number of para-hydroxylation sites is 1. The standard InChI is InChI=1S/C18H20N2O5S/c1-19(14-6-4-3-5-7-14)18(21)13-20(26(2,22)23)15-8-9-16-17(12-15)25-11-10-24-16/h3-9,12H,10-11,13H2,1-2H3. The molecule has 2 aromatic rings. The number of nitrogens with zero attached hydrogens (tertiary/aromatic N) is 2. The highest BCUT2D eigenvalue weighted by molar-refractivity contribution is 7.92. The number of carbonyl (C=O) groups excluding carboxylic acids is 1. The summed E-state index contributed by atoms with van der Waals surface area (Å²) in [5, 5.41) is 0. The van der Waals surface area contributed by atoms with E-state index in [9.17, 15) is 13.2 Å². The monoisotopic (exact) mass is 376 g/mol. The molecule has 1 heterocycles. The van der Waals surface area contributed by atoms with E-state index in [-0.39, 0.29) is 12.5 Å². The molecule has 8 heteroatoms. The first-order valence-corrected chi connectivity index (χ1v) is 9.90. The van der Waals surface area contributed by atoms with Crippen LogP contribution in [0.25, 0.3) is 0 Å². The molecule has 0 atom stereocenters. The second-order valence-corrected chi connectivity index (χ2v) is 7.79. The van der Waals surface area contributed by atoms with Crippen molar-refractivity contribution in [2.75, 3.05) is 42.3 Å². The third-order valence-electron chi connectivity index (χ3n) is 4.01. The van der Waals surface area contributed by atoms with Crippen LogP contribution >= 0.6 is 0 Å². The molecule has 7 nitrogen and oxygen atoms in total. The average Bonchev–Trinajstić information content (AvgIpc) is 2.64. The first-order valence-electron chi connectivity index (χ1n) is 8.05. The highest BCUT2D eigenvalue weighted by Crippen LogP contribution is 2.34. The maximum Gasteiger partial charge on any atom is 0.247 e. The predicted molar refractivity (Wildman–Crippen MR) is 99.5 cm³/mol. The zero-order chi connectivity index (χ0) is 18.7. The van der Waals surface area contributed by atoms with E-state index in [2.05, 4.69) is 0 Å². The summed E-state index contributed by atoms with van der Waals surface area (Å²) in [5.74, 6) is 0.670. The van der Waals surface area contributed by atoms with Gasteiger partial charge in [0.15, 0.2) is 11.5 Å². The topological polar surface area (TPSA) is 76.2 Å². The van der Waals surface area contributed by atoms with Crippen LogP contribution in [0.5, 0.6) is 11.5 Å². The van der Waals surface area contributed by atoms with Gasteiger partial charge in [-0.3, -0.25) is 9.10 Å². The van der Waals surface area contributed by atoms with Gasteiger partial charge in [0.05, 0.1) is 11.9 Å². The van der Waals surface area contributed by atoms with Gasteiger partial charge in [0, 0.05) is 18.8 Å². The molecule has 0 aromatic heterocycles. The lowest BCUT2D eigenvalue weighted by atomic mass is 10.2. The fourth-order valence-electron chi connectivity index (χ4n) is 2.61. The molecule has 138 valence electrons. The van der Waals surface area contributed by atoms with Crippen molar-refractivity contribution in [3.8, 4) is 11.5 Å². The van der Waals surface area contributed by atoms with Gasteiger partial charge in [-0.1, -0.05) is 18.2 Å². The zero-order valence-electron chi connectivity index (χ0n) is 14.6. The maximum absolute atomic E-state index is 12.6. The molecule has 2 aromatic carbocycles. The Bertz CT molecular complexity index is 899. The van der Waals surface area contributed by atoms with Gasteiger partial charge in [-0.15, -0.1) is 0 Å². The summed E-state index contributed by atoms with van der Waals surface area (Å²) in [6.45, 7) is 0.525. The Hall–Kier alpha value is -2.74. The predicted octanol–water partition coefficient (Wildman–Crippen LogP) is 1.89. The summed E-state index contributed by atoms with van der Waals surface area (Å²) >= 11 is 0. The molecule has 0 fully saturated rings. The summed E-state index contributed by atoms with van der Waals surface area (Å²) in [6, 6.07) is 13.9. The smallest absolute Gasteiger partial charge is 0.247 e. The minimum atomic E-state index is -3.67. The van der Waals surface area contributed by atoms with E-state index >= 15 is 0 Å². The van der Waals surface area contributed by atoms with Gasteiger partial charge >= 0.3 is 0 Å². The number of hydrogen-bond donors (Lipinski definition) is 0. The van der Waals surface area contributed by atoms with Gasteiger partial charge in [-0.25, -0.2) is 8.42 Å². The lowest BCUT2D eigenvalue weighted by Crippen LogP contribution is -2.41. The first-order chi connectivity index (χ1) is 12.4. The molecule has 0 bridgehead atoms. The van der Waals surface area contributed by atoms with Crippen molar-refractivity contribution in [2.24, 2.45) is 0 Å². The molecule has 0 aliphatic carbocycles. The van der Waals surface area contributed by atoms with Gasteiger partial charge in [-0.05, 0) is 24.3 Å². The van der Waals surface area contributed by atoms with Crippen molar-refractivity contribution in [2.45, 2.75) is 0 Å². The van der Waals surface area contributed by atoms with E-state index in [0.717, 1.165) is 10.6 Å². The van der Waals surface area contributed by atoms with Crippen LogP contribution in [0.2, 0.25) is 0 Å². The molecule has 1 amide bonds. The second kappa shape index (κ2) is 7.25. The Balaban J connectivity index is 1.86. The van der Waals surface area contributed by atoms with E-state index in [4.69, 9.17) is 9.47 Å². The highest BCUT2D eigenvalue weighted by atomic mass is 32.2. The molecule has 0 saturated carbocycles. The molecule has 3 rings (SSSR count). The number of rotatable bonds is 5. The van der Waals surface area contributed by atoms with Crippen LogP contribution in [0.3, 0.4) is 0 Å². The highest BCUT2D eigenvalue weighted by Gasteiger charge is 2.25. The van der Waals surface area contributed by atoms with Crippen molar-refractivity contribution in [3.05, 3.63) is 48.5 Å². The molecular weight excluding hydrogens is 356 g/mol. The fourth-order valence-corrected chi connectivity index (χ4v) is 3.45. The number of amides is 1. The van der Waals surface area contributed by atoms with E-state index < -0.39 is 10.0 Å². The Morgan fingerprint density at radius 1 is 1.00 bits per heavy atom. The lowest BCUT2D eigenvalue weighted by molar-refractivity contribution is -0.116. The minimum absolute atomic E-state index is 0.316. The summed E-state index contributed by atoms with van der Waals surface area (Å²) < 4.78 is 36.6. The summed E-state index contributed by atoms with van der Waals surface area (Å²) in [5.41, 5.74) is 1.04. The Morgan fingerprint density at radius 2 is 1.65 bits per heavy atom. The lowest BCUT2D eigenvalue weighted by Gasteiger charge is -2.26. The minimum Gasteiger partial charge on any atom is -0.486 e. The van der Waals surface area contributed by atoms with Crippen LogP contribution < -0.4 is 18.7 Å². The Morgan fingerprint density at radius 3 is 2.31 bits per heavy atom. The molecule has 0 unspecified atom stereocenters. The van der Waals surface area contributed by atoms with E-state index in [1.54, 1.807) is 37.4 Å². The van der Waals surface area contributed by atoms with Gasteiger partial charge in [0.25, 0.3) is 0 Å². The molecule has 0 radical (unpaired) electrons. The number of likely N-dealkylation sites (N-methyl/N-ethyl adjacent to an activating group) is 1. The molecule has 1 aliphatic heterocycles. The maximum atomic E-state index is 12.6. The molecule has 0 spiro atoms. The van der Waals surface area contributed by atoms with Crippen LogP contribution in [0.15, 0.2) is 48.5 Å². The molecule has 26 heavy (non-hydrogen) atoms. The first kappa shape index (κ1) is 18.1. The number of fused-ring (bicyclic) bond motifs is 1. The van der Waals surface area contributed by atoms with Crippen LogP contribution in [0.1, 0.15) is 0 Å². The summed E-state index contributed by atoms with van der Waals surface area (Å²) in [7, 11) is -2.05. The third-order valence-corrected chi connectivity index (χ3v) is 5.15. The number of carbonyl (C=O) groups is 1. The number of hydrogen-bond acceptors (Lipinski definition) is 5. The van der Waals surface area contributed by atoms with Crippen LogP contribution in [0.4, 0.5) is 11.4 Å². The van der Waals surface area contributed by atoms with Crippen molar-refractivity contribution in [1.82, 2.24) is 0 Å². The van der Waals surface area contributed by atoms with Crippen molar-refractivity contribution < 1.29 is 22.7 Å².